The summed E-state index contributed by atoms with van der Waals surface area (Å²) in [5.41, 5.74) is 0.233. The van der Waals surface area contributed by atoms with E-state index >= 15 is 0 Å². The first-order chi connectivity index (χ1) is 12.6. The molecule has 0 unspecified atom stereocenters. The summed E-state index contributed by atoms with van der Waals surface area (Å²) < 4.78 is 3.30. The number of carbonyl (C=O) groups is 1. The van der Waals surface area contributed by atoms with Gasteiger partial charge in [-0.1, -0.05) is 11.8 Å². The Bertz CT molecular complexity index is 1140. The molecule has 9 heteroatoms. The number of amides is 1. The lowest BCUT2D eigenvalue weighted by Gasteiger charge is -2.06. The van der Waals surface area contributed by atoms with Gasteiger partial charge < -0.3 is 9.88 Å². The molecule has 7 nitrogen and oxygen atoms in total. The van der Waals surface area contributed by atoms with Gasteiger partial charge in [-0.15, -0.1) is 11.3 Å². The monoisotopic (exact) mass is 383 g/mol. The topological polar surface area (TPSA) is 81.3 Å². The second kappa shape index (κ2) is 6.77. The fourth-order valence-corrected chi connectivity index (χ4v) is 3.82. The highest BCUT2D eigenvalue weighted by Gasteiger charge is 2.14. The zero-order valence-corrected chi connectivity index (χ0v) is 15.3. The van der Waals surface area contributed by atoms with Crippen LogP contribution in [-0.2, 0) is 7.05 Å². The minimum absolute atomic E-state index is 0.00682. The van der Waals surface area contributed by atoms with Gasteiger partial charge in [-0.25, -0.2) is 9.97 Å². The van der Waals surface area contributed by atoms with Crippen LogP contribution >= 0.6 is 23.1 Å². The van der Waals surface area contributed by atoms with Gasteiger partial charge in [-0.2, -0.15) is 0 Å². The minimum Gasteiger partial charge on any atom is -0.329 e. The van der Waals surface area contributed by atoms with Gasteiger partial charge in [-0.3, -0.25) is 14.0 Å². The molecule has 1 aromatic carbocycles. The number of benzene rings is 1. The number of nitrogens with zero attached hydrogens (tertiary/aromatic N) is 4. The zero-order valence-electron chi connectivity index (χ0n) is 13.6. The number of thiazole rings is 1. The smallest absolute Gasteiger partial charge is 0.271 e. The quantitative estimate of drug-likeness (QED) is 0.586. The average molecular weight is 383 g/mol. The molecule has 0 spiro atoms. The number of rotatable bonds is 4. The highest BCUT2D eigenvalue weighted by Crippen LogP contribution is 2.26. The largest absolute Gasteiger partial charge is 0.329 e. The number of imidazole rings is 1. The molecule has 0 saturated heterocycles. The first-order valence-corrected chi connectivity index (χ1v) is 9.33. The summed E-state index contributed by atoms with van der Waals surface area (Å²) in [5.74, 6) is -0.479. The maximum absolute atomic E-state index is 12.4. The van der Waals surface area contributed by atoms with Gasteiger partial charge in [0.05, 0.1) is 0 Å². The van der Waals surface area contributed by atoms with Gasteiger partial charge in [0.1, 0.15) is 5.56 Å². The van der Waals surface area contributed by atoms with Crippen molar-refractivity contribution in [1.82, 2.24) is 18.9 Å². The third-order valence-corrected chi connectivity index (χ3v) is 5.54. The second-order valence-corrected chi connectivity index (χ2v) is 7.35. The molecule has 4 aromatic rings. The van der Waals surface area contributed by atoms with E-state index in [2.05, 4.69) is 15.3 Å². The van der Waals surface area contributed by atoms with Crippen LogP contribution in [0.5, 0.6) is 0 Å². The predicted molar refractivity (Wildman–Crippen MR) is 101 cm³/mol. The van der Waals surface area contributed by atoms with Crippen molar-refractivity contribution in [2.45, 2.75) is 10.1 Å². The fraction of sp³-hybridized carbons (Fsp3) is 0.0588. The molecule has 0 atom stereocenters. The van der Waals surface area contributed by atoms with E-state index in [4.69, 9.17) is 0 Å². The van der Waals surface area contributed by atoms with Crippen LogP contribution in [0.4, 0.5) is 5.69 Å². The molecule has 3 heterocycles. The molecule has 0 fully saturated rings. The van der Waals surface area contributed by atoms with Crippen molar-refractivity contribution in [3.63, 3.8) is 0 Å². The van der Waals surface area contributed by atoms with Gasteiger partial charge >= 0.3 is 0 Å². The molecule has 3 aromatic heterocycles. The van der Waals surface area contributed by atoms with Crippen molar-refractivity contribution in [1.29, 1.82) is 0 Å². The summed E-state index contributed by atoms with van der Waals surface area (Å²) in [5, 5.41) is 5.37. The Morgan fingerprint density at radius 1 is 1.19 bits per heavy atom. The van der Waals surface area contributed by atoms with E-state index in [9.17, 15) is 9.59 Å². The molecule has 130 valence electrons. The van der Waals surface area contributed by atoms with Crippen molar-refractivity contribution < 1.29 is 4.79 Å². The fourth-order valence-electron chi connectivity index (χ4n) is 2.34. The third-order valence-electron chi connectivity index (χ3n) is 3.69. The van der Waals surface area contributed by atoms with Crippen LogP contribution < -0.4 is 10.9 Å². The first kappa shape index (κ1) is 16.6. The molecule has 0 aliphatic carbocycles. The molecule has 0 aliphatic rings. The van der Waals surface area contributed by atoms with E-state index in [1.807, 2.05) is 29.9 Å². The molecule has 1 N–H and O–H groups in total. The Morgan fingerprint density at radius 2 is 2.00 bits per heavy atom. The molecule has 0 aliphatic heterocycles. The van der Waals surface area contributed by atoms with E-state index in [0.717, 1.165) is 10.1 Å². The lowest BCUT2D eigenvalue weighted by Crippen LogP contribution is -2.25. The number of carbonyl (C=O) groups excluding carboxylic acids is 1. The standard InChI is InChI=1S/C17H13N5O2S2/c1-21-7-6-18-16(21)26-12-4-2-11(3-5-12)20-14(23)13-10-19-17-22(15(13)24)8-9-25-17/h2-10H,1H3,(H,20,23). The Kier molecular flexibility index (Phi) is 4.31. The van der Waals surface area contributed by atoms with Crippen molar-refractivity contribution >= 4 is 39.7 Å². The van der Waals surface area contributed by atoms with Crippen molar-refractivity contribution in [2.24, 2.45) is 7.05 Å². The van der Waals surface area contributed by atoms with Crippen LogP contribution in [0, 0.1) is 0 Å². The van der Waals surface area contributed by atoms with Gasteiger partial charge in [0.15, 0.2) is 10.1 Å². The molecular formula is C17H13N5O2S2. The highest BCUT2D eigenvalue weighted by atomic mass is 32.2. The summed E-state index contributed by atoms with van der Waals surface area (Å²) in [6.07, 6.45) is 6.55. The van der Waals surface area contributed by atoms with E-state index in [-0.39, 0.29) is 11.1 Å². The Hall–Kier alpha value is -2.91. The van der Waals surface area contributed by atoms with E-state index in [0.29, 0.717) is 10.6 Å². The average Bonchev–Trinajstić information content (AvgIpc) is 3.27. The summed E-state index contributed by atoms with van der Waals surface area (Å²) in [6, 6.07) is 7.36. The molecule has 0 bridgehead atoms. The highest BCUT2D eigenvalue weighted by molar-refractivity contribution is 7.99. The zero-order chi connectivity index (χ0) is 18.1. The minimum atomic E-state index is -0.479. The number of nitrogens with one attached hydrogen (secondary N) is 1. The Morgan fingerprint density at radius 3 is 2.73 bits per heavy atom. The van der Waals surface area contributed by atoms with E-state index < -0.39 is 5.91 Å². The van der Waals surface area contributed by atoms with Crippen molar-refractivity contribution in [3.05, 3.63) is 70.4 Å². The van der Waals surface area contributed by atoms with Gasteiger partial charge in [0.2, 0.25) is 0 Å². The number of aryl methyl sites for hydroxylation is 1. The molecule has 0 saturated carbocycles. The lowest BCUT2D eigenvalue weighted by molar-refractivity contribution is 0.102. The summed E-state index contributed by atoms with van der Waals surface area (Å²) in [4.78, 5) is 34.7. The molecular weight excluding hydrogens is 370 g/mol. The Balaban J connectivity index is 1.51. The third kappa shape index (κ3) is 3.14. The van der Waals surface area contributed by atoms with Crippen LogP contribution in [-0.4, -0.2) is 24.8 Å². The van der Waals surface area contributed by atoms with Gasteiger partial charge in [0.25, 0.3) is 11.5 Å². The second-order valence-electron chi connectivity index (χ2n) is 5.43. The van der Waals surface area contributed by atoms with Crippen molar-refractivity contribution in [3.8, 4) is 0 Å². The molecule has 0 radical (unpaired) electrons. The number of hydrogen-bond acceptors (Lipinski definition) is 6. The maximum atomic E-state index is 12.4. The van der Waals surface area contributed by atoms with Crippen LogP contribution in [0.25, 0.3) is 4.96 Å². The molecule has 26 heavy (non-hydrogen) atoms. The summed E-state index contributed by atoms with van der Waals surface area (Å²) in [7, 11) is 1.93. The van der Waals surface area contributed by atoms with Crippen LogP contribution in [0.1, 0.15) is 10.4 Å². The summed E-state index contributed by atoms with van der Waals surface area (Å²) >= 11 is 2.87. The van der Waals surface area contributed by atoms with Gasteiger partial charge in [-0.05, 0) is 24.3 Å². The summed E-state index contributed by atoms with van der Waals surface area (Å²) in [6.45, 7) is 0. The normalized spacial score (nSPS) is 11.0. The lowest BCUT2D eigenvalue weighted by atomic mass is 10.2. The number of hydrogen-bond donors (Lipinski definition) is 1. The number of aromatic nitrogens is 4. The van der Waals surface area contributed by atoms with E-state index in [1.165, 1.54) is 33.7 Å². The molecule has 1 amide bonds. The Labute approximate surface area is 156 Å². The van der Waals surface area contributed by atoms with Gasteiger partial charge in [0, 0.05) is 47.8 Å². The van der Waals surface area contributed by atoms with E-state index in [1.54, 1.807) is 29.9 Å². The number of fused-ring (bicyclic) bond motifs is 1. The van der Waals surface area contributed by atoms with Crippen LogP contribution in [0.2, 0.25) is 0 Å². The van der Waals surface area contributed by atoms with Crippen LogP contribution in [0.15, 0.2) is 69.3 Å². The number of anilines is 1. The van der Waals surface area contributed by atoms with Crippen molar-refractivity contribution in [2.75, 3.05) is 5.32 Å². The SMILES string of the molecule is Cn1ccnc1Sc1ccc(NC(=O)c2cnc3sccn3c2=O)cc1. The molecule has 4 rings (SSSR count). The maximum Gasteiger partial charge on any atom is 0.271 e. The first-order valence-electron chi connectivity index (χ1n) is 7.63. The van der Waals surface area contributed by atoms with Crippen LogP contribution in [0.3, 0.4) is 0 Å². The predicted octanol–water partition coefficient (Wildman–Crippen LogP) is 2.89.